The molecule has 0 spiro atoms. The molecule has 0 aromatic heterocycles. The molecule has 2 N–H and O–H groups in total. The number of ketones is 1. The van der Waals surface area contributed by atoms with Crippen molar-refractivity contribution >= 4 is 35.9 Å². The van der Waals surface area contributed by atoms with Gasteiger partial charge in [-0.15, -0.1) is 12.4 Å². The van der Waals surface area contributed by atoms with Crippen LogP contribution in [0.2, 0.25) is 0 Å². The highest BCUT2D eigenvalue weighted by atomic mass is 35.5. The molecule has 0 radical (unpaired) electrons. The predicted molar refractivity (Wildman–Crippen MR) is 158 cm³/mol. The van der Waals surface area contributed by atoms with E-state index in [4.69, 9.17) is 23.7 Å². The van der Waals surface area contributed by atoms with E-state index in [0.717, 1.165) is 24.9 Å². The monoisotopic (exact) mass is 590 g/mol. The highest BCUT2D eigenvalue weighted by Crippen LogP contribution is 2.38. The molecule has 1 unspecified atom stereocenters. The van der Waals surface area contributed by atoms with Crippen LogP contribution < -0.4 is 24.8 Å². The van der Waals surface area contributed by atoms with Crippen molar-refractivity contribution in [3.8, 4) is 17.2 Å². The summed E-state index contributed by atoms with van der Waals surface area (Å²) in [6.07, 6.45) is 3.93. The smallest absolute Gasteiger partial charge is 0.411 e. The summed E-state index contributed by atoms with van der Waals surface area (Å²) in [6.45, 7) is 4.39. The zero-order valence-electron chi connectivity index (χ0n) is 23.7. The van der Waals surface area contributed by atoms with Gasteiger partial charge in [0.05, 0.1) is 21.3 Å². The Labute approximate surface area is 247 Å². The number of Topliss-reactive ketones (excluding diaryl/α,β-unsaturated/α-hetero) is 1. The molecule has 1 heterocycles. The lowest BCUT2D eigenvalue weighted by molar-refractivity contribution is -0.152. The number of nitrogens with one attached hydrogen (secondary N) is 2. The molecular formula is C30H39ClN2O8. The summed E-state index contributed by atoms with van der Waals surface area (Å²) >= 11 is 0. The number of methoxy groups -OCH3 is 3. The highest BCUT2D eigenvalue weighted by molar-refractivity contribution is 5.98. The molecule has 1 fully saturated rings. The zero-order valence-corrected chi connectivity index (χ0v) is 24.6. The van der Waals surface area contributed by atoms with Gasteiger partial charge in [0.25, 0.3) is 0 Å². The predicted octanol–water partition coefficient (Wildman–Crippen LogP) is 5.13. The second-order valence-corrected chi connectivity index (χ2v) is 9.35. The third kappa shape index (κ3) is 9.98. The summed E-state index contributed by atoms with van der Waals surface area (Å²) in [7, 11) is 4.46. The molecule has 2 aromatic carbocycles. The molecule has 0 bridgehead atoms. The van der Waals surface area contributed by atoms with E-state index >= 15 is 0 Å². The quantitative estimate of drug-likeness (QED) is 0.175. The number of halogens is 1. The number of esters is 1. The normalized spacial score (nSPS) is 15.0. The van der Waals surface area contributed by atoms with Crippen molar-refractivity contribution in [3.05, 3.63) is 60.2 Å². The van der Waals surface area contributed by atoms with Crippen LogP contribution in [0.5, 0.6) is 17.2 Å². The van der Waals surface area contributed by atoms with E-state index < -0.39 is 12.2 Å². The van der Waals surface area contributed by atoms with Gasteiger partial charge in [0.2, 0.25) is 5.75 Å². The summed E-state index contributed by atoms with van der Waals surface area (Å²) < 4.78 is 26.9. The highest BCUT2D eigenvalue weighted by Gasteiger charge is 2.27. The van der Waals surface area contributed by atoms with Gasteiger partial charge in [-0.05, 0) is 62.1 Å². The van der Waals surface area contributed by atoms with Crippen LogP contribution in [-0.2, 0) is 20.7 Å². The van der Waals surface area contributed by atoms with Crippen LogP contribution in [0.1, 0.15) is 48.0 Å². The first kappa shape index (κ1) is 33.4. The van der Waals surface area contributed by atoms with E-state index in [-0.39, 0.29) is 43.2 Å². The second kappa shape index (κ2) is 17.1. The molecule has 2 atom stereocenters. The van der Waals surface area contributed by atoms with Crippen molar-refractivity contribution in [2.24, 2.45) is 0 Å². The fourth-order valence-electron chi connectivity index (χ4n) is 4.44. The molecule has 224 valence electrons. The maximum atomic E-state index is 13.4. The molecule has 1 aliphatic heterocycles. The zero-order chi connectivity index (χ0) is 28.9. The van der Waals surface area contributed by atoms with Gasteiger partial charge in [-0.25, -0.2) is 4.79 Å². The molecule has 3 rings (SSSR count). The topological polar surface area (TPSA) is 121 Å². The van der Waals surface area contributed by atoms with Gasteiger partial charge in [-0.1, -0.05) is 31.2 Å². The van der Waals surface area contributed by atoms with Gasteiger partial charge in [0, 0.05) is 17.7 Å². The van der Waals surface area contributed by atoms with Crippen molar-refractivity contribution in [3.63, 3.8) is 0 Å². The number of carbonyl (C=O) groups is 3. The number of anilines is 1. The largest absolute Gasteiger partial charge is 0.493 e. The first-order chi connectivity index (χ1) is 19.4. The molecule has 41 heavy (non-hydrogen) atoms. The summed E-state index contributed by atoms with van der Waals surface area (Å²) in [5.41, 5.74) is 1.91. The average Bonchev–Trinajstić information content (AvgIpc) is 2.98. The third-order valence-corrected chi connectivity index (χ3v) is 6.57. The van der Waals surface area contributed by atoms with Crippen LogP contribution >= 0.6 is 12.4 Å². The van der Waals surface area contributed by atoms with Crippen LogP contribution in [-0.4, -0.2) is 64.5 Å². The van der Waals surface area contributed by atoms with Gasteiger partial charge < -0.3 is 29.0 Å². The molecule has 0 aliphatic carbocycles. The molecule has 1 aliphatic rings. The Morgan fingerprint density at radius 1 is 1.05 bits per heavy atom. The minimum atomic E-state index is -0.644. The van der Waals surface area contributed by atoms with Crippen LogP contribution in [0.3, 0.4) is 0 Å². The number of hydrogen-bond acceptors (Lipinski definition) is 9. The fraction of sp³-hybridized carbons (Fsp3) is 0.433. The van der Waals surface area contributed by atoms with Gasteiger partial charge in [-0.3, -0.25) is 14.9 Å². The number of ether oxygens (including phenoxy) is 5. The van der Waals surface area contributed by atoms with Crippen molar-refractivity contribution in [2.45, 2.75) is 50.7 Å². The van der Waals surface area contributed by atoms with E-state index in [1.165, 1.54) is 27.4 Å². The molecule has 1 saturated heterocycles. The van der Waals surface area contributed by atoms with Crippen LogP contribution in [0, 0.1) is 0 Å². The lowest BCUT2D eigenvalue weighted by atomic mass is 9.99. The van der Waals surface area contributed by atoms with E-state index in [0.29, 0.717) is 47.8 Å². The third-order valence-electron chi connectivity index (χ3n) is 6.57. The Morgan fingerprint density at radius 3 is 2.29 bits per heavy atom. The molecule has 1 amide bonds. The number of hydrogen-bond donors (Lipinski definition) is 2. The summed E-state index contributed by atoms with van der Waals surface area (Å²) in [5, 5.41) is 5.85. The Morgan fingerprint density at radius 2 is 1.73 bits per heavy atom. The molecular weight excluding hydrogens is 552 g/mol. The minimum Gasteiger partial charge on any atom is -0.493 e. The number of piperidine rings is 1. The standard InChI is InChI=1S/C30H38N2O8.ClH/c1-5-16-39-30(35)32-22-12-9-20(10-13-22)11-14-23(40-29(34)24-8-6-7-15-31-24)19-25(33)21-17-26(36-2)28(38-4)27(18-21)37-3;/h5,9-10,12-13,17-18,23-24,31H,1,6-8,11,14-16,19H2,2-4H3,(H,32,35);1H/t23?,24-;/m0./s1. The summed E-state index contributed by atoms with van der Waals surface area (Å²) in [5.74, 6) is 0.561. The van der Waals surface area contributed by atoms with Crippen LogP contribution in [0.15, 0.2) is 49.1 Å². The van der Waals surface area contributed by atoms with Gasteiger partial charge in [0.15, 0.2) is 17.3 Å². The van der Waals surface area contributed by atoms with Gasteiger partial charge >= 0.3 is 12.1 Å². The van der Waals surface area contributed by atoms with Crippen LogP contribution in [0.4, 0.5) is 10.5 Å². The maximum Gasteiger partial charge on any atom is 0.411 e. The van der Waals surface area contributed by atoms with Crippen LogP contribution in [0.25, 0.3) is 0 Å². The number of benzene rings is 2. The van der Waals surface area contributed by atoms with Crippen molar-refractivity contribution < 1.29 is 38.1 Å². The average molecular weight is 591 g/mol. The van der Waals surface area contributed by atoms with Gasteiger partial charge in [0.1, 0.15) is 18.8 Å². The number of amides is 1. The molecule has 10 nitrogen and oxygen atoms in total. The molecule has 2 aromatic rings. The van der Waals surface area contributed by atoms with E-state index in [9.17, 15) is 14.4 Å². The summed E-state index contributed by atoms with van der Waals surface area (Å²) in [4.78, 5) is 38.1. The van der Waals surface area contributed by atoms with Crippen molar-refractivity contribution in [2.75, 3.05) is 39.8 Å². The Kier molecular flexibility index (Phi) is 14.0. The van der Waals surface area contributed by atoms with Crippen molar-refractivity contribution in [1.82, 2.24) is 5.32 Å². The second-order valence-electron chi connectivity index (χ2n) is 9.35. The van der Waals surface area contributed by atoms with E-state index in [1.807, 2.05) is 12.1 Å². The Bertz CT molecular complexity index is 1140. The first-order valence-electron chi connectivity index (χ1n) is 13.3. The van der Waals surface area contributed by atoms with E-state index in [2.05, 4.69) is 17.2 Å². The number of carbonyl (C=O) groups excluding carboxylic acids is 3. The SMILES string of the molecule is C=CCOC(=O)Nc1ccc(CCC(CC(=O)c2cc(OC)c(OC)c(OC)c2)OC(=O)[C@@H]2CCCCN2)cc1.Cl. The molecule has 11 heteroatoms. The maximum absolute atomic E-state index is 13.4. The van der Waals surface area contributed by atoms with E-state index in [1.54, 1.807) is 24.3 Å². The van der Waals surface area contributed by atoms with Gasteiger partial charge in [-0.2, -0.15) is 0 Å². The summed E-state index contributed by atoms with van der Waals surface area (Å²) in [6, 6.07) is 10.1. The Hall–Kier alpha value is -3.76. The number of aryl methyl sites for hydroxylation is 1. The minimum absolute atomic E-state index is 0. The molecule has 0 saturated carbocycles. The lowest BCUT2D eigenvalue weighted by Gasteiger charge is -2.25. The fourth-order valence-corrected chi connectivity index (χ4v) is 4.44. The number of rotatable bonds is 14. The Balaban J connectivity index is 0.00000588. The first-order valence-corrected chi connectivity index (χ1v) is 13.3. The lowest BCUT2D eigenvalue weighted by Crippen LogP contribution is -2.43. The van der Waals surface area contributed by atoms with Crippen molar-refractivity contribution in [1.29, 1.82) is 0 Å².